The van der Waals surface area contributed by atoms with E-state index in [0.29, 0.717) is 49.5 Å². The summed E-state index contributed by atoms with van der Waals surface area (Å²) in [6.07, 6.45) is 3.56. The quantitative estimate of drug-likeness (QED) is 0.333. The Morgan fingerprint density at radius 3 is 2.27 bits per heavy atom. The van der Waals surface area contributed by atoms with Gasteiger partial charge < -0.3 is 30.1 Å². The number of methoxy groups -OCH3 is 1. The second-order valence-corrected chi connectivity index (χ2v) is 12.1. The number of hydrogen-bond donors (Lipinski definition) is 3. The smallest absolute Gasteiger partial charge is 0.248 e. The first kappa shape index (κ1) is 28.3. The summed E-state index contributed by atoms with van der Waals surface area (Å²) in [7, 11) is 1.59. The Bertz CT molecular complexity index is 1220. The number of benzene rings is 2. The van der Waals surface area contributed by atoms with Crippen LogP contribution in [0.5, 0.6) is 11.5 Å². The van der Waals surface area contributed by atoms with Crippen molar-refractivity contribution in [3.05, 3.63) is 48.5 Å². The Morgan fingerprint density at radius 1 is 1.00 bits per heavy atom. The maximum absolute atomic E-state index is 14.0. The first-order valence-corrected chi connectivity index (χ1v) is 14.9. The van der Waals surface area contributed by atoms with E-state index in [-0.39, 0.29) is 29.6 Å². The van der Waals surface area contributed by atoms with Crippen molar-refractivity contribution in [1.29, 1.82) is 0 Å². The number of anilines is 2. The summed E-state index contributed by atoms with van der Waals surface area (Å²) in [5.74, 6) is -0.213. The van der Waals surface area contributed by atoms with Crippen LogP contribution in [-0.2, 0) is 14.4 Å². The molecular formula is C30H37N3O6S. The second kappa shape index (κ2) is 12.1. The van der Waals surface area contributed by atoms with E-state index in [1.807, 2.05) is 19.1 Å². The van der Waals surface area contributed by atoms with Crippen LogP contribution in [0.3, 0.4) is 0 Å². The van der Waals surface area contributed by atoms with Crippen molar-refractivity contribution in [2.45, 2.75) is 55.1 Å². The molecule has 3 fully saturated rings. The van der Waals surface area contributed by atoms with Gasteiger partial charge in [0.05, 0.1) is 30.3 Å². The normalized spacial score (nSPS) is 26.5. The van der Waals surface area contributed by atoms with E-state index in [9.17, 15) is 19.5 Å². The zero-order valence-electron chi connectivity index (χ0n) is 22.9. The zero-order chi connectivity index (χ0) is 28.3. The number of carbonyl (C=O) groups excluding carboxylic acids is 3. The largest absolute Gasteiger partial charge is 0.497 e. The Kier molecular flexibility index (Phi) is 8.56. The summed E-state index contributed by atoms with van der Waals surface area (Å²) in [6, 6.07) is 13.7. The summed E-state index contributed by atoms with van der Waals surface area (Å²) in [5.41, 5.74) is 1.27. The van der Waals surface area contributed by atoms with Crippen LogP contribution in [0.4, 0.5) is 11.4 Å². The molecule has 214 valence electrons. The number of ether oxygens (including phenoxy) is 2. The zero-order valence-corrected chi connectivity index (χ0v) is 23.7. The van der Waals surface area contributed by atoms with E-state index in [1.165, 1.54) is 0 Å². The minimum absolute atomic E-state index is 0.0236. The molecule has 5 atom stereocenters. The minimum Gasteiger partial charge on any atom is -0.497 e. The van der Waals surface area contributed by atoms with Gasteiger partial charge in [-0.3, -0.25) is 14.4 Å². The number of amides is 3. The van der Waals surface area contributed by atoms with Crippen molar-refractivity contribution in [2.24, 2.45) is 11.8 Å². The molecule has 1 spiro atoms. The van der Waals surface area contributed by atoms with Crippen molar-refractivity contribution in [3.8, 4) is 11.5 Å². The molecule has 3 saturated heterocycles. The van der Waals surface area contributed by atoms with Crippen LogP contribution >= 0.6 is 11.8 Å². The van der Waals surface area contributed by atoms with Gasteiger partial charge in [0, 0.05) is 29.8 Å². The molecule has 10 heteroatoms. The third kappa shape index (κ3) is 5.26. The fraction of sp³-hybridized carbons (Fsp3) is 0.500. The van der Waals surface area contributed by atoms with Crippen LogP contribution in [0.15, 0.2) is 48.5 Å². The van der Waals surface area contributed by atoms with Gasteiger partial charge in [0.25, 0.3) is 0 Å². The number of fused-ring (bicyclic) bond motifs is 1. The number of nitrogens with zero attached hydrogens (tertiary/aromatic N) is 1. The van der Waals surface area contributed by atoms with Crippen molar-refractivity contribution in [2.75, 3.05) is 37.5 Å². The Morgan fingerprint density at radius 2 is 1.65 bits per heavy atom. The molecule has 3 aliphatic rings. The van der Waals surface area contributed by atoms with Crippen molar-refractivity contribution in [1.82, 2.24) is 4.90 Å². The lowest BCUT2D eigenvalue weighted by molar-refractivity contribution is -0.138. The Labute approximate surface area is 239 Å². The Hall–Kier alpha value is -3.24. The summed E-state index contributed by atoms with van der Waals surface area (Å²) in [5, 5.41) is 15.2. The molecule has 0 aromatic heterocycles. The highest BCUT2D eigenvalue weighted by Gasteiger charge is 2.73. The van der Waals surface area contributed by atoms with Crippen LogP contribution in [0.1, 0.15) is 39.0 Å². The van der Waals surface area contributed by atoms with Crippen LogP contribution in [0, 0.1) is 11.8 Å². The molecule has 2 aromatic rings. The first-order chi connectivity index (χ1) is 19.4. The SMILES string of the molecule is CCOc1ccc(NC(=O)[C@@H]2[C@@H]3CCC4(S3)C(C(=O)Nc3ccc(OC)cc3)N(CCCCCO)C(=O)[C@H]24)cc1. The summed E-state index contributed by atoms with van der Waals surface area (Å²) in [6.45, 7) is 2.98. The lowest BCUT2D eigenvalue weighted by Crippen LogP contribution is -2.51. The average molecular weight is 568 g/mol. The van der Waals surface area contributed by atoms with Gasteiger partial charge in [0.2, 0.25) is 17.7 Å². The van der Waals surface area contributed by atoms with Gasteiger partial charge in [-0.15, -0.1) is 11.8 Å². The fourth-order valence-corrected chi connectivity index (χ4v) is 8.70. The number of aliphatic hydroxyl groups excluding tert-OH is 1. The highest BCUT2D eigenvalue weighted by Crippen LogP contribution is 2.66. The summed E-state index contributed by atoms with van der Waals surface area (Å²) >= 11 is 1.65. The average Bonchev–Trinajstić information content (AvgIpc) is 3.60. The second-order valence-electron chi connectivity index (χ2n) is 10.5. The van der Waals surface area contributed by atoms with Gasteiger partial charge in [0.1, 0.15) is 17.5 Å². The van der Waals surface area contributed by atoms with Crippen LogP contribution < -0.4 is 20.1 Å². The monoisotopic (exact) mass is 567 g/mol. The molecule has 3 N–H and O–H groups in total. The van der Waals surface area contributed by atoms with E-state index in [1.54, 1.807) is 60.2 Å². The van der Waals surface area contributed by atoms with Gasteiger partial charge in [0.15, 0.2) is 0 Å². The highest BCUT2D eigenvalue weighted by molar-refractivity contribution is 8.02. The van der Waals surface area contributed by atoms with E-state index < -0.39 is 22.6 Å². The standard InChI is InChI=1S/C30H37N3O6S/c1-3-39-22-13-9-19(10-14-22)31-27(35)24-23-15-16-30(40-23)25(24)29(37)33(17-5-4-6-18-34)26(30)28(36)32-20-7-11-21(38-2)12-8-20/h7-14,23-26,34H,3-6,15-18H2,1-2H3,(H,31,35)(H,32,36)/t23-,24+,25-,26?,30?/m0/s1. The number of rotatable bonds is 12. The van der Waals surface area contributed by atoms with E-state index in [0.717, 1.165) is 18.6 Å². The maximum atomic E-state index is 14.0. The van der Waals surface area contributed by atoms with Gasteiger partial charge in [-0.05, 0) is 87.6 Å². The lowest BCUT2D eigenvalue weighted by atomic mass is 9.70. The molecule has 9 nitrogen and oxygen atoms in total. The number of thioether (sulfide) groups is 1. The van der Waals surface area contributed by atoms with Crippen LogP contribution in [-0.4, -0.2) is 70.6 Å². The summed E-state index contributed by atoms with van der Waals surface area (Å²) < 4.78 is 10.1. The molecule has 0 aliphatic carbocycles. The molecule has 5 rings (SSSR count). The maximum Gasteiger partial charge on any atom is 0.248 e. The summed E-state index contributed by atoms with van der Waals surface area (Å²) in [4.78, 5) is 43.3. The van der Waals surface area contributed by atoms with Crippen molar-refractivity contribution >= 4 is 40.9 Å². The number of hydrogen-bond acceptors (Lipinski definition) is 7. The molecule has 0 radical (unpaired) electrons. The lowest BCUT2D eigenvalue weighted by Gasteiger charge is -2.34. The number of nitrogens with one attached hydrogen (secondary N) is 2. The number of carbonyl (C=O) groups is 3. The van der Waals surface area contributed by atoms with Gasteiger partial charge in [-0.25, -0.2) is 0 Å². The molecular weight excluding hydrogens is 530 g/mol. The van der Waals surface area contributed by atoms with Crippen molar-refractivity contribution in [3.63, 3.8) is 0 Å². The predicted molar refractivity (Wildman–Crippen MR) is 155 cm³/mol. The van der Waals surface area contributed by atoms with Gasteiger partial charge >= 0.3 is 0 Å². The molecule has 2 unspecified atom stereocenters. The van der Waals surface area contributed by atoms with E-state index in [4.69, 9.17) is 9.47 Å². The molecule has 0 saturated carbocycles. The fourth-order valence-electron chi connectivity index (χ4n) is 6.48. The first-order valence-electron chi connectivity index (χ1n) is 14.0. The van der Waals surface area contributed by atoms with Gasteiger partial charge in [-0.2, -0.15) is 0 Å². The van der Waals surface area contributed by atoms with E-state index >= 15 is 0 Å². The number of likely N-dealkylation sites (tertiary alicyclic amines) is 1. The van der Waals surface area contributed by atoms with Crippen LogP contribution in [0.2, 0.25) is 0 Å². The molecule has 2 bridgehead atoms. The molecule has 40 heavy (non-hydrogen) atoms. The van der Waals surface area contributed by atoms with Crippen molar-refractivity contribution < 1.29 is 29.0 Å². The Balaban J connectivity index is 1.39. The molecule has 3 heterocycles. The molecule has 2 aromatic carbocycles. The van der Waals surface area contributed by atoms with Crippen LogP contribution in [0.25, 0.3) is 0 Å². The third-order valence-electron chi connectivity index (χ3n) is 8.20. The highest BCUT2D eigenvalue weighted by atomic mass is 32.2. The third-order valence-corrected chi connectivity index (χ3v) is 10.2. The minimum atomic E-state index is -0.681. The number of aliphatic hydroxyl groups is 1. The topological polar surface area (TPSA) is 117 Å². The number of unbranched alkanes of at least 4 members (excludes halogenated alkanes) is 2. The van der Waals surface area contributed by atoms with Gasteiger partial charge in [-0.1, -0.05) is 0 Å². The predicted octanol–water partition coefficient (Wildman–Crippen LogP) is 3.92. The molecule has 3 amide bonds. The van der Waals surface area contributed by atoms with E-state index in [2.05, 4.69) is 10.6 Å². The molecule has 3 aliphatic heterocycles.